The number of rotatable bonds is 4. The number of thiazole rings is 1. The molecule has 2 atom stereocenters. The first kappa shape index (κ1) is 15.6. The highest BCUT2D eigenvalue weighted by Crippen LogP contribution is 2.26. The van der Waals surface area contributed by atoms with Crippen LogP contribution in [0.15, 0.2) is 29.6 Å². The summed E-state index contributed by atoms with van der Waals surface area (Å²) in [5.74, 6) is -0.365. The molecule has 1 fully saturated rings. The zero-order valence-corrected chi connectivity index (χ0v) is 13.2. The highest BCUT2D eigenvalue weighted by Gasteiger charge is 2.26. The molecule has 0 spiro atoms. The Morgan fingerprint density at radius 3 is 3.05 bits per heavy atom. The van der Waals surface area contributed by atoms with E-state index in [0.29, 0.717) is 25.3 Å². The molecule has 1 aliphatic rings. The summed E-state index contributed by atoms with van der Waals surface area (Å²) in [4.78, 5) is 6.56. The van der Waals surface area contributed by atoms with Gasteiger partial charge in [0.25, 0.3) is 0 Å². The van der Waals surface area contributed by atoms with Crippen molar-refractivity contribution in [2.75, 3.05) is 26.2 Å². The summed E-state index contributed by atoms with van der Waals surface area (Å²) in [6, 6.07) is 6.37. The molecule has 3 rings (SSSR count). The van der Waals surface area contributed by atoms with Crippen LogP contribution in [0.3, 0.4) is 0 Å². The number of β-amino-alcohol motifs (C(OH)–C–C–N with tert-alkyl or cyclic N) is 1. The minimum Gasteiger partial charge on any atom is -0.387 e. The largest absolute Gasteiger partial charge is 0.387 e. The molecular formula is C16H19FN2O2S. The Morgan fingerprint density at radius 1 is 1.50 bits per heavy atom. The van der Waals surface area contributed by atoms with E-state index in [1.54, 1.807) is 29.5 Å². The maximum Gasteiger partial charge on any atom is 0.129 e. The molecule has 1 saturated heterocycles. The van der Waals surface area contributed by atoms with Crippen LogP contribution in [-0.4, -0.2) is 41.2 Å². The number of ether oxygens (including phenoxy) is 1. The van der Waals surface area contributed by atoms with Crippen LogP contribution in [0.4, 0.5) is 4.39 Å². The van der Waals surface area contributed by atoms with Crippen LogP contribution in [0.1, 0.15) is 28.5 Å². The Kier molecular flexibility index (Phi) is 4.83. The molecule has 1 N–H and O–H groups in total. The van der Waals surface area contributed by atoms with Gasteiger partial charge in [0.05, 0.1) is 12.7 Å². The second kappa shape index (κ2) is 6.83. The van der Waals surface area contributed by atoms with E-state index >= 15 is 0 Å². The van der Waals surface area contributed by atoms with E-state index in [-0.39, 0.29) is 11.9 Å². The SMILES string of the molecule is Cc1csc([C@H]2CN(C[C@H](O)c3ccccc3F)CCO2)n1. The molecule has 22 heavy (non-hydrogen) atoms. The number of aryl methyl sites for hydroxylation is 1. The lowest BCUT2D eigenvalue weighted by Gasteiger charge is -2.33. The maximum absolute atomic E-state index is 13.7. The fourth-order valence-electron chi connectivity index (χ4n) is 2.63. The van der Waals surface area contributed by atoms with Crippen LogP contribution in [-0.2, 0) is 4.74 Å². The normalized spacial score (nSPS) is 21.0. The molecule has 6 heteroatoms. The molecule has 1 aromatic carbocycles. The van der Waals surface area contributed by atoms with Gasteiger partial charge in [-0.05, 0) is 13.0 Å². The van der Waals surface area contributed by atoms with Crippen LogP contribution in [0.25, 0.3) is 0 Å². The quantitative estimate of drug-likeness (QED) is 0.940. The maximum atomic E-state index is 13.7. The van der Waals surface area contributed by atoms with E-state index in [1.807, 2.05) is 12.3 Å². The molecule has 0 amide bonds. The number of aromatic nitrogens is 1. The lowest BCUT2D eigenvalue weighted by molar-refractivity contribution is -0.0427. The van der Waals surface area contributed by atoms with Crippen molar-refractivity contribution in [1.82, 2.24) is 9.88 Å². The average molecular weight is 322 g/mol. The highest BCUT2D eigenvalue weighted by atomic mass is 32.1. The van der Waals surface area contributed by atoms with E-state index in [1.165, 1.54) is 6.07 Å². The zero-order chi connectivity index (χ0) is 15.5. The molecule has 0 unspecified atom stereocenters. The molecule has 118 valence electrons. The second-order valence-corrected chi connectivity index (χ2v) is 6.37. The fourth-order valence-corrected chi connectivity index (χ4v) is 3.46. The van der Waals surface area contributed by atoms with Crippen molar-refractivity contribution >= 4 is 11.3 Å². The van der Waals surface area contributed by atoms with Crippen LogP contribution in [0.5, 0.6) is 0 Å². The Labute approximate surface area is 133 Å². The molecule has 1 aliphatic heterocycles. The van der Waals surface area contributed by atoms with E-state index in [4.69, 9.17) is 4.74 Å². The van der Waals surface area contributed by atoms with Gasteiger partial charge in [-0.25, -0.2) is 9.37 Å². The number of aliphatic hydroxyl groups is 1. The first-order valence-corrected chi connectivity index (χ1v) is 8.20. The first-order chi connectivity index (χ1) is 10.6. The van der Waals surface area contributed by atoms with Crippen molar-refractivity contribution in [3.05, 3.63) is 51.7 Å². The first-order valence-electron chi connectivity index (χ1n) is 7.32. The number of hydrogen-bond donors (Lipinski definition) is 1. The summed E-state index contributed by atoms with van der Waals surface area (Å²) >= 11 is 1.59. The average Bonchev–Trinajstić information content (AvgIpc) is 2.94. The summed E-state index contributed by atoms with van der Waals surface area (Å²) in [5, 5.41) is 13.2. The Balaban J connectivity index is 1.64. The number of hydrogen-bond acceptors (Lipinski definition) is 5. The van der Waals surface area contributed by atoms with Crippen molar-refractivity contribution < 1.29 is 14.2 Å². The molecule has 0 aliphatic carbocycles. The van der Waals surface area contributed by atoms with Crippen molar-refractivity contribution in [3.63, 3.8) is 0 Å². The van der Waals surface area contributed by atoms with Gasteiger partial charge >= 0.3 is 0 Å². The van der Waals surface area contributed by atoms with E-state index in [2.05, 4.69) is 9.88 Å². The predicted molar refractivity (Wildman–Crippen MR) is 83.3 cm³/mol. The van der Waals surface area contributed by atoms with Gasteiger partial charge in [-0.3, -0.25) is 4.90 Å². The van der Waals surface area contributed by atoms with Gasteiger partial charge in [0.2, 0.25) is 0 Å². The minimum absolute atomic E-state index is 0.0692. The number of aliphatic hydroxyl groups excluding tert-OH is 1. The smallest absolute Gasteiger partial charge is 0.129 e. The summed E-state index contributed by atoms with van der Waals surface area (Å²) in [6.45, 7) is 4.34. The fraction of sp³-hybridized carbons (Fsp3) is 0.438. The number of morpholine rings is 1. The Bertz CT molecular complexity index is 634. The summed E-state index contributed by atoms with van der Waals surface area (Å²) < 4.78 is 19.5. The molecule has 0 radical (unpaired) electrons. The lowest BCUT2D eigenvalue weighted by atomic mass is 10.1. The van der Waals surface area contributed by atoms with Crippen LogP contribution in [0.2, 0.25) is 0 Å². The van der Waals surface area contributed by atoms with E-state index in [9.17, 15) is 9.50 Å². The van der Waals surface area contributed by atoms with Gasteiger partial charge in [-0.15, -0.1) is 11.3 Å². The summed E-state index contributed by atoms with van der Waals surface area (Å²) in [6.07, 6.45) is -0.904. The topological polar surface area (TPSA) is 45.6 Å². The molecule has 2 heterocycles. The Hall–Kier alpha value is -1.34. The van der Waals surface area contributed by atoms with Gasteiger partial charge in [-0.1, -0.05) is 18.2 Å². The minimum atomic E-state index is -0.835. The third kappa shape index (κ3) is 3.52. The summed E-state index contributed by atoms with van der Waals surface area (Å²) in [7, 11) is 0. The molecule has 4 nitrogen and oxygen atoms in total. The molecule has 2 aromatic rings. The monoisotopic (exact) mass is 322 g/mol. The van der Waals surface area contributed by atoms with Crippen LogP contribution in [0, 0.1) is 12.7 Å². The predicted octanol–water partition coefficient (Wildman–Crippen LogP) is 2.70. The third-order valence-electron chi connectivity index (χ3n) is 3.76. The van der Waals surface area contributed by atoms with Crippen molar-refractivity contribution in [2.45, 2.75) is 19.1 Å². The third-order valence-corrected chi connectivity index (χ3v) is 4.81. The van der Waals surface area contributed by atoms with Gasteiger partial charge in [0, 0.05) is 36.3 Å². The van der Waals surface area contributed by atoms with Crippen LogP contribution < -0.4 is 0 Å². The van der Waals surface area contributed by atoms with Crippen molar-refractivity contribution in [2.24, 2.45) is 0 Å². The molecule has 0 saturated carbocycles. The lowest BCUT2D eigenvalue weighted by Crippen LogP contribution is -2.40. The van der Waals surface area contributed by atoms with Gasteiger partial charge in [0.1, 0.15) is 16.9 Å². The number of benzene rings is 1. The molecule has 0 bridgehead atoms. The standard InChI is InChI=1S/C16H19FN2O2S/c1-11-10-22-16(18-11)15-9-19(6-7-21-15)8-14(20)12-4-2-3-5-13(12)17/h2-5,10,14-15,20H,6-9H2,1H3/t14-,15+/m0/s1. The molecule has 1 aromatic heterocycles. The Morgan fingerprint density at radius 2 is 2.32 bits per heavy atom. The second-order valence-electron chi connectivity index (χ2n) is 5.48. The number of nitrogens with zero attached hydrogens (tertiary/aromatic N) is 2. The number of halogens is 1. The van der Waals surface area contributed by atoms with Crippen molar-refractivity contribution in [1.29, 1.82) is 0 Å². The van der Waals surface area contributed by atoms with Crippen molar-refractivity contribution in [3.8, 4) is 0 Å². The highest BCUT2D eigenvalue weighted by molar-refractivity contribution is 7.09. The van der Waals surface area contributed by atoms with Gasteiger partial charge < -0.3 is 9.84 Å². The molecular weight excluding hydrogens is 303 g/mol. The summed E-state index contributed by atoms with van der Waals surface area (Å²) in [5.41, 5.74) is 1.34. The zero-order valence-electron chi connectivity index (χ0n) is 12.4. The van der Waals surface area contributed by atoms with Gasteiger partial charge in [-0.2, -0.15) is 0 Å². The van der Waals surface area contributed by atoms with E-state index < -0.39 is 6.10 Å². The van der Waals surface area contributed by atoms with Gasteiger partial charge in [0.15, 0.2) is 0 Å². The van der Waals surface area contributed by atoms with E-state index in [0.717, 1.165) is 17.2 Å². The van der Waals surface area contributed by atoms with Crippen LogP contribution >= 0.6 is 11.3 Å².